The van der Waals surface area contributed by atoms with E-state index in [2.05, 4.69) is 25.0 Å². The number of nitrogens with two attached hydrogens (primary N) is 1. The lowest BCUT2D eigenvalue weighted by atomic mass is 9.96. The van der Waals surface area contributed by atoms with Gasteiger partial charge in [0, 0.05) is 29.9 Å². The standard InChI is InChI=1S/C23H32N2O3/c1-7-9-18-12-19(22(27-6)14-20(18)16(4)24)13-21(23(26)28-8-2)25-11-10-15(3)17(25)5/h7,9,12,14-15,21H,4-5,8,10-11,13,24H2,1-3,6H3/b9-7-/t15-,21?/m0/s1. The van der Waals surface area contributed by atoms with E-state index in [4.69, 9.17) is 15.2 Å². The van der Waals surface area contributed by atoms with Crippen molar-refractivity contribution in [3.63, 3.8) is 0 Å². The number of carbonyl (C=O) groups is 1. The summed E-state index contributed by atoms with van der Waals surface area (Å²) in [6.07, 6.45) is 5.38. The molecule has 0 aromatic heterocycles. The van der Waals surface area contributed by atoms with Crippen molar-refractivity contribution < 1.29 is 14.3 Å². The second-order valence-electron chi connectivity index (χ2n) is 7.12. The van der Waals surface area contributed by atoms with Crippen LogP contribution < -0.4 is 10.5 Å². The number of nitrogens with zero attached hydrogens (tertiary/aromatic N) is 1. The number of methoxy groups -OCH3 is 1. The Balaban J connectivity index is 2.47. The van der Waals surface area contributed by atoms with Gasteiger partial charge >= 0.3 is 5.97 Å². The Morgan fingerprint density at radius 3 is 2.68 bits per heavy atom. The van der Waals surface area contributed by atoms with Crippen molar-refractivity contribution >= 4 is 17.7 Å². The summed E-state index contributed by atoms with van der Waals surface area (Å²) in [7, 11) is 1.62. The first-order valence-electron chi connectivity index (χ1n) is 9.74. The lowest BCUT2D eigenvalue weighted by molar-refractivity contribution is -0.148. The molecule has 5 nitrogen and oxygen atoms in total. The lowest BCUT2D eigenvalue weighted by Crippen LogP contribution is -2.41. The van der Waals surface area contributed by atoms with Crippen LogP contribution in [0.15, 0.2) is 37.1 Å². The van der Waals surface area contributed by atoms with Gasteiger partial charge in [-0.25, -0.2) is 4.79 Å². The molecule has 1 unspecified atom stereocenters. The van der Waals surface area contributed by atoms with Crippen LogP contribution in [0.3, 0.4) is 0 Å². The minimum Gasteiger partial charge on any atom is -0.496 e. The summed E-state index contributed by atoms with van der Waals surface area (Å²) >= 11 is 0. The van der Waals surface area contributed by atoms with E-state index < -0.39 is 6.04 Å². The van der Waals surface area contributed by atoms with E-state index >= 15 is 0 Å². The molecule has 1 aliphatic rings. The zero-order chi connectivity index (χ0) is 20.8. The fourth-order valence-corrected chi connectivity index (χ4v) is 3.64. The van der Waals surface area contributed by atoms with Crippen LogP contribution in [0, 0.1) is 5.92 Å². The normalized spacial score (nSPS) is 17.8. The van der Waals surface area contributed by atoms with Crippen molar-refractivity contribution in [1.29, 1.82) is 0 Å². The highest BCUT2D eigenvalue weighted by Gasteiger charge is 2.34. The van der Waals surface area contributed by atoms with Crippen molar-refractivity contribution in [1.82, 2.24) is 4.90 Å². The SMILES string of the molecule is C=C(N)c1cc(OC)c(CC(C(=O)OCC)N2CC[C@H](C)C2=C)cc1/C=C\C. The maximum atomic E-state index is 12.8. The number of allylic oxidation sites excluding steroid dienone is 2. The molecule has 2 rings (SSSR count). The van der Waals surface area contributed by atoms with E-state index in [9.17, 15) is 4.79 Å². The van der Waals surface area contributed by atoms with Crippen LogP contribution in [0.4, 0.5) is 0 Å². The highest BCUT2D eigenvalue weighted by Crippen LogP contribution is 2.33. The third-order valence-corrected chi connectivity index (χ3v) is 5.23. The monoisotopic (exact) mass is 384 g/mol. The molecule has 0 spiro atoms. The summed E-state index contributed by atoms with van der Waals surface area (Å²) < 4.78 is 11.0. The number of likely N-dealkylation sites (tertiary alicyclic amines) is 1. The van der Waals surface area contributed by atoms with Gasteiger partial charge in [-0.05, 0) is 49.4 Å². The molecule has 1 aromatic carbocycles. The zero-order valence-corrected chi connectivity index (χ0v) is 17.5. The minimum atomic E-state index is -0.434. The molecule has 1 fully saturated rings. The molecule has 1 aromatic rings. The van der Waals surface area contributed by atoms with Crippen molar-refractivity contribution in [2.75, 3.05) is 20.3 Å². The molecule has 5 heteroatoms. The Morgan fingerprint density at radius 2 is 2.18 bits per heavy atom. The van der Waals surface area contributed by atoms with Crippen LogP contribution in [0.2, 0.25) is 0 Å². The molecule has 28 heavy (non-hydrogen) atoms. The quantitative estimate of drug-likeness (QED) is 0.687. The number of ether oxygens (including phenoxy) is 2. The average Bonchev–Trinajstić information content (AvgIpc) is 2.98. The Morgan fingerprint density at radius 1 is 1.46 bits per heavy atom. The molecular weight excluding hydrogens is 352 g/mol. The van der Waals surface area contributed by atoms with Gasteiger partial charge in [0.25, 0.3) is 0 Å². The summed E-state index contributed by atoms with van der Waals surface area (Å²) in [4.78, 5) is 14.9. The predicted molar refractivity (Wildman–Crippen MR) is 115 cm³/mol. The fourth-order valence-electron chi connectivity index (χ4n) is 3.64. The molecule has 0 bridgehead atoms. The van der Waals surface area contributed by atoms with Crippen LogP contribution in [-0.4, -0.2) is 37.2 Å². The maximum absolute atomic E-state index is 12.8. The van der Waals surface area contributed by atoms with Crippen molar-refractivity contribution in [2.45, 2.75) is 39.7 Å². The summed E-state index contributed by atoms with van der Waals surface area (Å²) in [5, 5.41) is 0. The van der Waals surface area contributed by atoms with Gasteiger partial charge in [0.2, 0.25) is 0 Å². The molecule has 152 valence electrons. The minimum absolute atomic E-state index is 0.236. The predicted octanol–water partition coefficient (Wildman–Crippen LogP) is 3.99. The summed E-state index contributed by atoms with van der Waals surface area (Å²) in [5.74, 6) is 0.807. The van der Waals surface area contributed by atoms with Gasteiger partial charge in [-0.3, -0.25) is 0 Å². The van der Waals surface area contributed by atoms with E-state index in [0.29, 0.717) is 30.4 Å². The van der Waals surface area contributed by atoms with E-state index in [-0.39, 0.29) is 5.97 Å². The van der Waals surface area contributed by atoms with Crippen molar-refractivity contribution in [3.05, 3.63) is 53.8 Å². The van der Waals surface area contributed by atoms with Gasteiger partial charge < -0.3 is 20.1 Å². The van der Waals surface area contributed by atoms with Crippen molar-refractivity contribution in [2.24, 2.45) is 11.7 Å². The smallest absolute Gasteiger partial charge is 0.329 e. The van der Waals surface area contributed by atoms with Crippen molar-refractivity contribution in [3.8, 4) is 5.75 Å². The molecule has 0 radical (unpaired) electrons. The average molecular weight is 385 g/mol. The molecule has 1 saturated heterocycles. The molecule has 0 saturated carbocycles. The van der Waals surface area contributed by atoms with Crippen LogP contribution >= 0.6 is 0 Å². The first-order valence-corrected chi connectivity index (χ1v) is 9.74. The van der Waals surface area contributed by atoms with Gasteiger partial charge in [-0.1, -0.05) is 32.2 Å². The summed E-state index contributed by atoms with van der Waals surface area (Å²) in [6, 6.07) is 3.47. The summed E-state index contributed by atoms with van der Waals surface area (Å²) in [5.41, 5.74) is 10.1. The fraction of sp³-hybridized carbons (Fsp3) is 0.435. The number of esters is 1. The Bertz CT molecular complexity index is 782. The molecule has 2 N–H and O–H groups in total. The highest BCUT2D eigenvalue weighted by molar-refractivity contribution is 5.78. The topological polar surface area (TPSA) is 64.8 Å². The largest absolute Gasteiger partial charge is 0.496 e. The first-order chi connectivity index (χ1) is 13.3. The van der Waals surface area contributed by atoms with Crippen LogP contribution in [0.1, 0.15) is 43.9 Å². The Kier molecular flexibility index (Phi) is 7.32. The number of hydrogen-bond acceptors (Lipinski definition) is 5. The van der Waals surface area contributed by atoms with Crippen LogP contribution in [0.5, 0.6) is 5.75 Å². The lowest BCUT2D eigenvalue weighted by Gasteiger charge is -2.30. The van der Waals surface area contributed by atoms with Gasteiger partial charge in [0.1, 0.15) is 11.8 Å². The molecule has 0 aliphatic carbocycles. The molecule has 1 aliphatic heterocycles. The maximum Gasteiger partial charge on any atom is 0.329 e. The van der Waals surface area contributed by atoms with E-state index in [1.807, 2.05) is 38.1 Å². The molecule has 0 amide bonds. The second-order valence-corrected chi connectivity index (χ2v) is 7.12. The number of hydrogen-bond donors (Lipinski definition) is 1. The van der Waals surface area contributed by atoms with Crippen LogP contribution in [0.25, 0.3) is 11.8 Å². The Hall–Kier alpha value is -2.69. The van der Waals surface area contributed by atoms with E-state index in [1.165, 1.54) is 0 Å². The Labute approximate surface area is 168 Å². The van der Waals surface area contributed by atoms with Gasteiger partial charge in [-0.2, -0.15) is 0 Å². The number of carbonyl (C=O) groups excluding carboxylic acids is 1. The van der Waals surface area contributed by atoms with E-state index in [1.54, 1.807) is 7.11 Å². The van der Waals surface area contributed by atoms with Gasteiger partial charge in [-0.15, -0.1) is 0 Å². The third kappa shape index (κ3) is 4.58. The number of rotatable bonds is 8. The zero-order valence-electron chi connectivity index (χ0n) is 17.5. The highest BCUT2D eigenvalue weighted by atomic mass is 16.5. The van der Waals surface area contributed by atoms with Gasteiger partial charge in [0.05, 0.1) is 13.7 Å². The molecule has 2 atom stereocenters. The number of benzene rings is 1. The summed E-state index contributed by atoms with van der Waals surface area (Å²) in [6.45, 7) is 15.1. The van der Waals surface area contributed by atoms with Crippen LogP contribution in [-0.2, 0) is 16.0 Å². The second kappa shape index (κ2) is 9.49. The first kappa shape index (κ1) is 21.6. The molecule has 1 heterocycles. The molecular formula is C23H32N2O3. The third-order valence-electron chi connectivity index (χ3n) is 5.23. The van der Waals surface area contributed by atoms with E-state index in [0.717, 1.165) is 35.4 Å². The van der Waals surface area contributed by atoms with Gasteiger partial charge in [0.15, 0.2) is 0 Å².